The zero-order chi connectivity index (χ0) is 18.8. The van der Waals surface area contributed by atoms with Crippen LogP contribution in [0.25, 0.3) is 0 Å². The zero-order valence-corrected chi connectivity index (χ0v) is 17.1. The van der Waals surface area contributed by atoms with Crippen molar-refractivity contribution in [3.05, 3.63) is 68.2 Å². The van der Waals surface area contributed by atoms with Crippen molar-refractivity contribution in [2.45, 2.75) is 11.1 Å². The summed E-state index contributed by atoms with van der Waals surface area (Å²) in [6.45, 7) is 1.74. The van der Waals surface area contributed by atoms with Crippen LogP contribution in [0.4, 0.5) is 30.2 Å². The van der Waals surface area contributed by atoms with Crippen LogP contribution in [0.3, 0.4) is 0 Å². The predicted molar refractivity (Wildman–Crippen MR) is 107 cm³/mol. The predicted octanol–water partition coefficient (Wildman–Crippen LogP) is 7.75. The molecule has 1 heterocycles. The Morgan fingerprint density at radius 2 is 1.77 bits per heavy atom. The van der Waals surface area contributed by atoms with Crippen molar-refractivity contribution in [3.63, 3.8) is 0 Å². The second kappa shape index (κ2) is 8.12. The lowest BCUT2D eigenvalue weighted by Gasteiger charge is -2.15. The third-order valence-electron chi connectivity index (χ3n) is 3.36. The molecule has 0 aliphatic heterocycles. The molecule has 0 amide bonds. The van der Waals surface area contributed by atoms with E-state index in [1.165, 1.54) is 41.5 Å². The fourth-order valence-corrected chi connectivity index (χ4v) is 5.19. The lowest BCUT2D eigenvalue weighted by atomic mass is 10.2. The second-order valence-corrected chi connectivity index (χ2v) is 8.90. The lowest BCUT2D eigenvalue weighted by Crippen LogP contribution is -2.02. The molecule has 0 bridgehead atoms. The molecule has 0 spiro atoms. The molecule has 0 unspecified atom stereocenters. The highest BCUT2D eigenvalue weighted by atomic mass is 79.9. The number of hydrogen-bond donors (Lipinski definition) is 2. The van der Waals surface area contributed by atoms with Crippen LogP contribution in [-0.4, -0.2) is 0 Å². The van der Waals surface area contributed by atoms with E-state index in [4.69, 9.17) is 11.6 Å². The molecule has 2 aromatic carbocycles. The molecule has 3 rings (SSSR count). The maximum Gasteiger partial charge on any atom is 0.184 e. The average molecular weight is 480 g/mol. The van der Waals surface area contributed by atoms with Gasteiger partial charge in [0.25, 0.3) is 0 Å². The highest BCUT2D eigenvalue weighted by Crippen LogP contribution is 2.40. The molecule has 2 N–H and O–H groups in total. The van der Waals surface area contributed by atoms with Crippen LogP contribution in [0.2, 0.25) is 4.34 Å². The van der Waals surface area contributed by atoms with Gasteiger partial charge in [0.05, 0.1) is 19.9 Å². The lowest BCUT2D eigenvalue weighted by molar-refractivity contribution is 0.512. The molecule has 0 radical (unpaired) electrons. The van der Waals surface area contributed by atoms with E-state index in [-0.39, 0.29) is 17.1 Å². The van der Waals surface area contributed by atoms with E-state index >= 15 is 0 Å². The molecule has 0 aliphatic carbocycles. The van der Waals surface area contributed by atoms with Crippen molar-refractivity contribution in [2.75, 3.05) is 10.0 Å². The highest BCUT2D eigenvalue weighted by molar-refractivity contribution is 9.10. The first-order valence-electron chi connectivity index (χ1n) is 7.24. The molecular weight excluding hydrogens is 469 g/mol. The van der Waals surface area contributed by atoms with Crippen LogP contribution >= 0.6 is 50.8 Å². The SMILES string of the molecule is Cc1ccc(Nc2c(NSc3sc(Cl)cc3Br)ccc(F)c2F)c(F)c1. The van der Waals surface area contributed by atoms with E-state index in [1.807, 2.05) is 0 Å². The molecule has 0 fully saturated rings. The molecule has 0 saturated carbocycles. The first-order valence-corrected chi connectivity index (χ1v) is 10.0. The maximum atomic E-state index is 14.3. The summed E-state index contributed by atoms with van der Waals surface area (Å²) in [5, 5.41) is 2.63. The molecule has 9 heteroatoms. The summed E-state index contributed by atoms with van der Waals surface area (Å²) < 4.78 is 47.2. The number of benzene rings is 2. The van der Waals surface area contributed by atoms with Crippen LogP contribution in [0, 0.1) is 24.4 Å². The van der Waals surface area contributed by atoms with E-state index in [1.54, 1.807) is 19.1 Å². The van der Waals surface area contributed by atoms with Gasteiger partial charge in [-0.2, -0.15) is 0 Å². The van der Waals surface area contributed by atoms with Crippen molar-refractivity contribution in [2.24, 2.45) is 0 Å². The van der Waals surface area contributed by atoms with Crippen molar-refractivity contribution in [1.29, 1.82) is 0 Å². The van der Waals surface area contributed by atoms with Crippen LogP contribution in [0.1, 0.15) is 5.56 Å². The first-order chi connectivity index (χ1) is 12.3. The number of rotatable bonds is 5. The fraction of sp³-hybridized carbons (Fsp3) is 0.0588. The summed E-state index contributed by atoms with van der Waals surface area (Å²) in [5.41, 5.74) is 0.860. The molecule has 136 valence electrons. The molecule has 2 nitrogen and oxygen atoms in total. The summed E-state index contributed by atoms with van der Waals surface area (Å²) in [6.07, 6.45) is 0. The Labute approximate surface area is 170 Å². The number of nitrogens with one attached hydrogen (secondary N) is 2. The molecule has 3 aromatic rings. The van der Waals surface area contributed by atoms with Crippen molar-refractivity contribution < 1.29 is 13.2 Å². The van der Waals surface area contributed by atoms with Gasteiger partial charge in [0, 0.05) is 4.47 Å². The van der Waals surface area contributed by atoms with Gasteiger partial charge in [-0.05, 0) is 70.7 Å². The minimum absolute atomic E-state index is 0.0495. The van der Waals surface area contributed by atoms with Gasteiger partial charge in [-0.1, -0.05) is 17.7 Å². The Kier molecular flexibility index (Phi) is 6.06. The number of hydrogen-bond acceptors (Lipinski definition) is 4. The van der Waals surface area contributed by atoms with Crippen LogP contribution in [0.15, 0.2) is 45.1 Å². The molecule has 1 aromatic heterocycles. The standard InChI is InChI=1S/C17H11BrClF3N2S2/c1-8-2-4-12(11(21)6-8)23-16-13(5-3-10(20)15(16)22)24-26-17-9(18)7-14(19)25-17/h2-7,23-24H,1H3. The Bertz CT molecular complexity index is 965. The van der Waals surface area contributed by atoms with E-state index in [2.05, 4.69) is 26.0 Å². The summed E-state index contributed by atoms with van der Waals surface area (Å²) in [5.74, 6) is -2.69. The summed E-state index contributed by atoms with van der Waals surface area (Å²) in [7, 11) is 0. The topological polar surface area (TPSA) is 24.1 Å². The summed E-state index contributed by atoms with van der Waals surface area (Å²) >= 11 is 11.8. The Morgan fingerprint density at radius 3 is 2.42 bits per heavy atom. The number of aryl methyl sites for hydroxylation is 1. The van der Waals surface area contributed by atoms with E-state index in [9.17, 15) is 13.2 Å². The molecule has 0 saturated heterocycles. The van der Waals surface area contributed by atoms with Gasteiger partial charge in [-0.3, -0.25) is 0 Å². The fourth-order valence-electron chi connectivity index (χ4n) is 2.11. The van der Waals surface area contributed by atoms with Crippen LogP contribution in [0.5, 0.6) is 0 Å². The van der Waals surface area contributed by atoms with Crippen molar-refractivity contribution >= 4 is 67.9 Å². The van der Waals surface area contributed by atoms with Crippen LogP contribution in [-0.2, 0) is 0 Å². The quantitative estimate of drug-likeness (QED) is 0.366. The van der Waals surface area contributed by atoms with Crippen molar-refractivity contribution in [3.8, 4) is 0 Å². The second-order valence-electron chi connectivity index (χ2n) is 5.28. The monoisotopic (exact) mass is 478 g/mol. The molecule has 0 atom stereocenters. The van der Waals surface area contributed by atoms with Gasteiger partial charge in [0.2, 0.25) is 0 Å². The van der Waals surface area contributed by atoms with Crippen LogP contribution < -0.4 is 10.0 Å². The molecule has 26 heavy (non-hydrogen) atoms. The summed E-state index contributed by atoms with van der Waals surface area (Å²) in [6, 6.07) is 8.58. The normalized spacial score (nSPS) is 10.8. The Hall–Kier alpha value is -1.35. The smallest absolute Gasteiger partial charge is 0.184 e. The molecular formula is C17H11BrClF3N2S2. The first kappa shape index (κ1) is 19.4. The minimum atomic E-state index is -1.10. The van der Waals surface area contributed by atoms with Gasteiger partial charge in [-0.25, -0.2) is 13.2 Å². The van der Waals surface area contributed by atoms with Gasteiger partial charge in [0.15, 0.2) is 11.6 Å². The van der Waals surface area contributed by atoms with E-state index < -0.39 is 17.5 Å². The van der Waals surface area contributed by atoms with Crippen molar-refractivity contribution in [1.82, 2.24) is 0 Å². The van der Waals surface area contributed by atoms with Gasteiger partial charge in [0.1, 0.15) is 11.5 Å². The minimum Gasteiger partial charge on any atom is -0.349 e. The van der Waals surface area contributed by atoms with E-state index in [0.29, 0.717) is 4.34 Å². The third kappa shape index (κ3) is 4.31. The maximum absolute atomic E-state index is 14.3. The number of halogens is 5. The highest BCUT2D eigenvalue weighted by Gasteiger charge is 2.16. The Balaban J connectivity index is 1.90. The van der Waals surface area contributed by atoms with Gasteiger partial charge >= 0.3 is 0 Å². The summed E-state index contributed by atoms with van der Waals surface area (Å²) in [4.78, 5) is 0. The molecule has 0 aliphatic rings. The third-order valence-corrected chi connectivity index (χ3v) is 6.79. The van der Waals surface area contributed by atoms with Gasteiger partial charge < -0.3 is 10.0 Å². The van der Waals surface area contributed by atoms with Gasteiger partial charge in [-0.15, -0.1) is 11.3 Å². The Morgan fingerprint density at radius 1 is 1.04 bits per heavy atom. The largest absolute Gasteiger partial charge is 0.349 e. The zero-order valence-electron chi connectivity index (χ0n) is 13.2. The number of anilines is 3. The van der Waals surface area contributed by atoms with E-state index in [0.717, 1.165) is 20.3 Å². The average Bonchev–Trinajstić information content (AvgIpc) is 2.90. The number of thiophene rings is 1.